The zero-order chi connectivity index (χ0) is 8.04. The topological polar surface area (TPSA) is 80.4 Å². The SMILES string of the molecule is O=S(=O)(O)Cl.c1cocn1. The van der Waals surface area contributed by atoms with E-state index in [1.54, 1.807) is 6.20 Å². The summed E-state index contributed by atoms with van der Waals surface area (Å²) in [7, 11) is -0.137. The second kappa shape index (κ2) is 4.26. The molecular formula is C3H4ClNO4S. The molecule has 0 unspecified atom stereocenters. The first-order valence-electron chi connectivity index (χ1n) is 1.99. The van der Waals surface area contributed by atoms with Crippen LogP contribution in [0.5, 0.6) is 0 Å². The molecule has 58 valence electrons. The standard InChI is InChI=1S/C3H3NO.ClHO3S/c1-2-5-3-4-1;1-5(2,3)4/h1-3H;(H,2,3,4). The Balaban J connectivity index is 0.000000162. The van der Waals surface area contributed by atoms with Crippen LogP contribution in [-0.4, -0.2) is 18.0 Å². The lowest BCUT2D eigenvalue weighted by Gasteiger charge is -1.65. The van der Waals surface area contributed by atoms with Gasteiger partial charge < -0.3 is 4.42 Å². The van der Waals surface area contributed by atoms with Crippen LogP contribution in [0.25, 0.3) is 0 Å². The molecule has 0 aromatic carbocycles. The highest BCUT2D eigenvalue weighted by atomic mass is 35.7. The van der Waals surface area contributed by atoms with Crippen LogP contribution in [0.2, 0.25) is 0 Å². The molecule has 0 amide bonds. The zero-order valence-corrected chi connectivity index (χ0v) is 6.21. The molecule has 0 spiro atoms. The predicted molar refractivity (Wildman–Crippen MR) is 33.9 cm³/mol. The van der Waals surface area contributed by atoms with E-state index in [1.165, 1.54) is 12.7 Å². The molecule has 0 bridgehead atoms. The monoisotopic (exact) mass is 185 g/mol. The molecule has 5 nitrogen and oxygen atoms in total. The van der Waals surface area contributed by atoms with Crippen LogP contribution in [0, 0.1) is 0 Å². The minimum Gasteiger partial charge on any atom is -0.452 e. The number of halogens is 1. The molecule has 1 N–H and O–H groups in total. The molecule has 1 aromatic rings. The van der Waals surface area contributed by atoms with Crippen molar-refractivity contribution in [2.24, 2.45) is 0 Å². The average molecular weight is 186 g/mol. The van der Waals surface area contributed by atoms with Gasteiger partial charge in [0.2, 0.25) is 0 Å². The van der Waals surface area contributed by atoms with Gasteiger partial charge in [-0.1, -0.05) is 0 Å². The van der Waals surface area contributed by atoms with Gasteiger partial charge in [0.15, 0.2) is 6.39 Å². The third kappa shape index (κ3) is 15.7. The molecule has 0 fully saturated rings. The molecule has 0 radical (unpaired) electrons. The van der Waals surface area contributed by atoms with Gasteiger partial charge in [0.25, 0.3) is 0 Å². The lowest BCUT2D eigenvalue weighted by molar-refractivity contribution is 0.501. The van der Waals surface area contributed by atoms with Gasteiger partial charge in [0.1, 0.15) is 6.26 Å². The summed E-state index contributed by atoms with van der Waals surface area (Å²) in [5.74, 6) is 0. The fraction of sp³-hybridized carbons (Fsp3) is 0. The van der Waals surface area contributed by atoms with Crippen LogP contribution in [0.3, 0.4) is 0 Å². The summed E-state index contributed by atoms with van der Waals surface area (Å²) in [6.07, 6.45) is 4.47. The van der Waals surface area contributed by atoms with Crippen LogP contribution in [0.15, 0.2) is 23.3 Å². The highest BCUT2D eigenvalue weighted by molar-refractivity contribution is 8.09. The normalized spacial score (nSPS) is 9.80. The van der Waals surface area contributed by atoms with Crippen molar-refractivity contribution < 1.29 is 17.4 Å². The second-order valence-electron chi connectivity index (χ2n) is 1.09. The smallest absolute Gasteiger partial charge is 0.353 e. The Kier molecular flexibility index (Phi) is 4.01. The molecule has 1 rings (SSSR count). The van der Waals surface area contributed by atoms with Crippen molar-refractivity contribution >= 4 is 20.0 Å². The van der Waals surface area contributed by atoms with Crippen molar-refractivity contribution in [3.63, 3.8) is 0 Å². The molecule has 0 aliphatic rings. The summed E-state index contributed by atoms with van der Waals surface area (Å²) in [5, 5.41) is 0. The molecule has 0 aliphatic carbocycles. The fourth-order valence-corrected chi connectivity index (χ4v) is 0.176. The molecular weight excluding hydrogens is 182 g/mol. The van der Waals surface area contributed by atoms with Crippen molar-refractivity contribution in [1.29, 1.82) is 0 Å². The van der Waals surface area contributed by atoms with E-state index in [-0.39, 0.29) is 0 Å². The molecule has 1 heterocycles. The molecule has 0 saturated carbocycles. The summed E-state index contributed by atoms with van der Waals surface area (Å²) in [6, 6.07) is 0. The van der Waals surface area contributed by atoms with E-state index in [4.69, 9.17) is 13.0 Å². The van der Waals surface area contributed by atoms with Gasteiger partial charge in [-0.05, 0) is 0 Å². The third-order valence-corrected chi connectivity index (χ3v) is 0.347. The minimum atomic E-state index is -4.19. The average Bonchev–Trinajstić information content (AvgIpc) is 2.07. The summed E-state index contributed by atoms with van der Waals surface area (Å²) in [5.41, 5.74) is 0. The molecule has 1 aromatic heterocycles. The summed E-state index contributed by atoms with van der Waals surface area (Å²) in [6.45, 7) is 0. The fourth-order valence-electron chi connectivity index (χ4n) is 0.176. The van der Waals surface area contributed by atoms with Gasteiger partial charge in [-0.3, -0.25) is 4.55 Å². The number of nitrogens with zero attached hydrogens (tertiary/aromatic N) is 1. The summed E-state index contributed by atoms with van der Waals surface area (Å²) in [4.78, 5) is 3.56. The predicted octanol–water partition coefficient (Wildman–Crippen LogP) is 0.703. The van der Waals surface area contributed by atoms with Crippen LogP contribution in [0.4, 0.5) is 0 Å². The van der Waals surface area contributed by atoms with E-state index >= 15 is 0 Å². The molecule has 0 saturated heterocycles. The molecule has 7 heteroatoms. The Morgan fingerprint density at radius 2 is 2.10 bits per heavy atom. The van der Waals surface area contributed by atoms with Crippen LogP contribution < -0.4 is 0 Å². The Morgan fingerprint density at radius 3 is 2.20 bits per heavy atom. The highest BCUT2D eigenvalue weighted by Crippen LogP contribution is 1.82. The van der Waals surface area contributed by atoms with E-state index in [0.717, 1.165) is 0 Å². The van der Waals surface area contributed by atoms with Crippen LogP contribution >= 0.6 is 10.7 Å². The maximum Gasteiger partial charge on any atom is 0.353 e. The van der Waals surface area contributed by atoms with E-state index in [2.05, 4.69) is 20.1 Å². The van der Waals surface area contributed by atoms with Gasteiger partial charge in [-0.2, -0.15) is 8.42 Å². The molecule has 0 atom stereocenters. The van der Waals surface area contributed by atoms with Crippen molar-refractivity contribution in [3.05, 3.63) is 18.9 Å². The van der Waals surface area contributed by atoms with Gasteiger partial charge in [0, 0.05) is 10.7 Å². The number of hydrogen-bond donors (Lipinski definition) is 1. The first kappa shape index (κ1) is 9.41. The maximum absolute atomic E-state index is 8.95. The van der Waals surface area contributed by atoms with Gasteiger partial charge in [0.05, 0.1) is 6.20 Å². The summed E-state index contributed by atoms with van der Waals surface area (Å²) < 4.78 is 29.6. The quantitative estimate of drug-likeness (QED) is 0.476. The number of rotatable bonds is 0. The van der Waals surface area contributed by atoms with E-state index in [9.17, 15) is 0 Å². The van der Waals surface area contributed by atoms with Crippen molar-refractivity contribution in [2.45, 2.75) is 0 Å². The first-order valence-corrected chi connectivity index (χ1v) is 4.26. The Hall–Kier alpha value is -0.590. The van der Waals surface area contributed by atoms with E-state index in [0.29, 0.717) is 0 Å². The van der Waals surface area contributed by atoms with Gasteiger partial charge in [-0.15, -0.1) is 0 Å². The Morgan fingerprint density at radius 1 is 1.60 bits per heavy atom. The molecule has 10 heavy (non-hydrogen) atoms. The Bertz CT molecular complexity index is 216. The molecule has 0 aliphatic heterocycles. The van der Waals surface area contributed by atoms with Crippen LogP contribution in [-0.2, 0) is 9.33 Å². The number of aromatic nitrogens is 1. The number of hydrogen-bond acceptors (Lipinski definition) is 4. The van der Waals surface area contributed by atoms with E-state index in [1.807, 2.05) is 0 Å². The maximum atomic E-state index is 8.95. The second-order valence-corrected chi connectivity index (χ2v) is 3.08. The van der Waals surface area contributed by atoms with Gasteiger partial charge in [-0.25, -0.2) is 4.98 Å². The lowest BCUT2D eigenvalue weighted by Crippen LogP contribution is -1.77. The lowest BCUT2D eigenvalue weighted by atomic mass is 11.0. The zero-order valence-electron chi connectivity index (χ0n) is 4.64. The third-order valence-electron chi connectivity index (χ3n) is 0.347. The first-order chi connectivity index (χ1) is 4.50. The number of oxazole rings is 1. The largest absolute Gasteiger partial charge is 0.452 e. The van der Waals surface area contributed by atoms with Crippen molar-refractivity contribution in [2.75, 3.05) is 0 Å². The minimum absolute atomic E-state index is 1.38. The Labute approximate surface area is 61.9 Å². The van der Waals surface area contributed by atoms with E-state index < -0.39 is 9.33 Å². The van der Waals surface area contributed by atoms with Crippen molar-refractivity contribution in [3.8, 4) is 0 Å². The van der Waals surface area contributed by atoms with Crippen molar-refractivity contribution in [1.82, 2.24) is 4.98 Å². The summed E-state index contributed by atoms with van der Waals surface area (Å²) >= 11 is 0. The highest BCUT2D eigenvalue weighted by Gasteiger charge is 1.86. The van der Waals surface area contributed by atoms with Crippen LogP contribution in [0.1, 0.15) is 0 Å². The van der Waals surface area contributed by atoms with Gasteiger partial charge >= 0.3 is 9.33 Å².